The van der Waals surface area contributed by atoms with Gasteiger partial charge in [0.2, 0.25) is 5.91 Å². The maximum Gasteiger partial charge on any atom is 0.410 e. The summed E-state index contributed by atoms with van der Waals surface area (Å²) in [5, 5.41) is 6.47. The van der Waals surface area contributed by atoms with Crippen LogP contribution in [0.4, 0.5) is 16.2 Å². The summed E-state index contributed by atoms with van der Waals surface area (Å²) < 4.78 is 4.94. The minimum Gasteiger partial charge on any atom is -0.448 e. The topological polar surface area (TPSA) is 70.7 Å². The van der Waals surface area contributed by atoms with Gasteiger partial charge in [-0.25, -0.2) is 4.79 Å². The monoisotopic (exact) mass is 373 g/mol. The van der Waals surface area contributed by atoms with Crippen LogP contribution in [0.15, 0.2) is 48.5 Å². The lowest BCUT2D eigenvalue weighted by molar-refractivity contribution is -0.116. The summed E-state index contributed by atoms with van der Waals surface area (Å²) in [5.74, 6) is -0.188. The van der Waals surface area contributed by atoms with Crippen molar-refractivity contribution in [2.24, 2.45) is 0 Å². The maximum absolute atomic E-state index is 12.4. The third kappa shape index (κ3) is 4.46. The number of halogens is 1. The molecule has 0 aromatic heterocycles. The van der Waals surface area contributed by atoms with Crippen LogP contribution in [-0.4, -0.2) is 36.1 Å². The van der Waals surface area contributed by atoms with E-state index in [0.29, 0.717) is 30.4 Å². The van der Waals surface area contributed by atoms with Crippen molar-refractivity contribution in [2.45, 2.75) is 19.5 Å². The first kappa shape index (κ1) is 18.1. The molecule has 1 unspecified atom stereocenters. The zero-order valence-corrected chi connectivity index (χ0v) is 15.1. The Morgan fingerprint density at radius 1 is 1.27 bits per heavy atom. The molecular weight excluding hydrogens is 354 g/mol. The molecule has 1 heterocycles. The Hall–Kier alpha value is -2.73. The Morgan fingerprint density at radius 2 is 2.08 bits per heavy atom. The average molecular weight is 374 g/mol. The van der Waals surface area contributed by atoms with Crippen molar-refractivity contribution in [1.82, 2.24) is 4.90 Å². The molecule has 1 saturated heterocycles. The Bertz CT molecular complexity index is 812. The molecule has 0 bridgehead atoms. The smallest absolute Gasteiger partial charge is 0.410 e. The molecule has 0 radical (unpaired) electrons. The molecule has 136 valence electrons. The molecule has 0 saturated carbocycles. The first-order valence-corrected chi connectivity index (χ1v) is 8.73. The van der Waals surface area contributed by atoms with Gasteiger partial charge in [0.25, 0.3) is 0 Å². The summed E-state index contributed by atoms with van der Waals surface area (Å²) in [6.45, 7) is 3.27. The fraction of sp³-hybridized carbons (Fsp3) is 0.263. The number of para-hydroxylation sites is 1. The second kappa shape index (κ2) is 8.10. The van der Waals surface area contributed by atoms with Gasteiger partial charge in [-0.05, 0) is 36.8 Å². The second-order valence-corrected chi connectivity index (χ2v) is 6.48. The summed E-state index contributed by atoms with van der Waals surface area (Å²) in [5.41, 5.74) is 2.35. The molecule has 2 aromatic carbocycles. The van der Waals surface area contributed by atoms with Crippen molar-refractivity contribution in [2.75, 3.05) is 23.8 Å². The molecule has 0 spiro atoms. The van der Waals surface area contributed by atoms with Crippen molar-refractivity contribution >= 4 is 35.0 Å². The lowest BCUT2D eigenvalue weighted by Crippen LogP contribution is -2.32. The molecule has 2 N–H and O–H groups in total. The highest BCUT2D eigenvalue weighted by atomic mass is 35.5. The van der Waals surface area contributed by atoms with E-state index in [-0.39, 0.29) is 12.0 Å². The van der Waals surface area contributed by atoms with E-state index in [2.05, 4.69) is 10.6 Å². The number of amides is 2. The SMILES string of the molecule is CC(Nc1cccc(CN2CCOC2=O)c1)C(=O)Nc1ccccc1Cl. The third-order valence-corrected chi connectivity index (χ3v) is 4.38. The number of ether oxygens (including phenoxy) is 1. The lowest BCUT2D eigenvalue weighted by Gasteiger charge is -2.17. The number of anilines is 2. The fourth-order valence-electron chi connectivity index (χ4n) is 2.67. The number of rotatable bonds is 6. The third-order valence-electron chi connectivity index (χ3n) is 4.05. The molecule has 0 aliphatic carbocycles. The highest BCUT2D eigenvalue weighted by Gasteiger charge is 2.22. The highest BCUT2D eigenvalue weighted by Crippen LogP contribution is 2.21. The highest BCUT2D eigenvalue weighted by molar-refractivity contribution is 6.33. The molecule has 2 amide bonds. The second-order valence-electron chi connectivity index (χ2n) is 6.07. The van der Waals surface area contributed by atoms with Gasteiger partial charge < -0.3 is 20.3 Å². The summed E-state index contributed by atoms with van der Waals surface area (Å²) in [6, 6.07) is 14.3. The molecule has 3 rings (SSSR count). The number of hydrogen-bond acceptors (Lipinski definition) is 4. The van der Waals surface area contributed by atoms with Crippen LogP contribution < -0.4 is 10.6 Å². The van der Waals surface area contributed by atoms with E-state index >= 15 is 0 Å². The zero-order valence-electron chi connectivity index (χ0n) is 14.4. The van der Waals surface area contributed by atoms with Crippen LogP contribution in [0, 0.1) is 0 Å². The van der Waals surface area contributed by atoms with Crippen molar-refractivity contribution in [3.8, 4) is 0 Å². The summed E-state index contributed by atoms with van der Waals surface area (Å²) in [6.07, 6.45) is -0.296. The molecule has 7 heteroatoms. The van der Waals surface area contributed by atoms with E-state index in [1.54, 1.807) is 30.0 Å². The van der Waals surface area contributed by atoms with Gasteiger partial charge in [-0.3, -0.25) is 4.79 Å². The Kier molecular flexibility index (Phi) is 5.63. The number of nitrogens with one attached hydrogen (secondary N) is 2. The van der Waals surface area contributed by atoms with Crippen LogP contribution in [0.3, 0.4) is 0 Å². The summed E-state index contributed by atoms with van der Waals surface area (Å²) in [4.78, 5) is 25.6. The molecule has 1 aliphatic rings. The van der Waals surface area contributed by atoms with Crippen molar-refractivity contribution in [3.05, 3.63) is 59.1 Å². The van der Waals surface area contributed by atoms with E-state index in [4.69, 9.17) is 16.3 Å². The number of cyclic esters (lactones) is 1. The molecular formula is C19H20ClN3O3. The molecule has 1 atom stereocenters. The van der Waals surface area contributed by atoms with E-state index in [9.17, 15) is 9.59 Å². The molecule has 1 aliphatic heterocycles. The van der Waals surface area contributed by atoms with Gasteiger partial charge >= 0.3 is 6.09 Å². The average Bonchev–Trinajstić information content (AvgIpc) is 3.02. The Balaban J connectivity index is 1.61. The van der Waals surface area contributed by atoms with E-state index in [1.165, 1.54) is 0 Å². The van der Waals surface area contributed by atoms with Crippen LogP contribution >= 0.6 is 11.6 Å². The van der Waals surface area contributed by atoms with E-state index in [0.717, 1.165) is 11.3 Å². The fourth-order valence-corrected chi connectivity index (χ4v) is 2.85. The predicted molar refractivity (Wildman–Crippen MR) is 101 cm³/mol. The van der Waals surface area contributed by atoms with Crippen molar-refractivity contribution in [3.63, 3.8) is 0 Å². The van der Waals surface area contributed by atoms with Crippen LogP contribution in [-0.2, 0) is 16.1 Å². The van der Waals surface area contributed by atoms with Crippen molar-refractivity contribution in [1.29, 1.82) is 0 Å². The summed E-state index contributed by atoms with van der Waals surface area (Å²) in [7, 11) is 0. The van der Waals surface area contributed by atoms with Gasteiger partial charge in [-0.15, -0.1) is 0 Å². The number of benzene rings is 2. The van der Waals surface area contributed by atoms with Crippen molar-refractivity contribution < 1.29 is 14.3 Å². The minimum absolute atomic E-state index is 0.188. The number of carbonyl (C=O) groups excluding carboxylic acids is 2. The normalized spacial score (nSPS) is 14.7. The van der Waals surface area contributed by atoms with Crippen LogP contribution in [0.1, 0.15) is 12.5 Å². The van der Waals surface area contributed by atoms with E-state index < -0.39 is 6.04 Å². The van der Waals surface area contributed by atoms with E-state index in [1.807, 2.05) is 30.3 Å². The molecule has 2 aromatic rings. The van der Waals surface area contributed by atoms with Crippen LogP contribution in [0.25, 0.3) is 0 Å². The van der Waals surface area contributed by atoms with Gasteiger partial charge in [0.05, 0.1) is 17.3 Å². The van der Waals surface area contributed by atoms with Gasteiger partial charge in [-0.2, -0.15) is 0 Å². The Labute approximate surface area is 157 Å². The first-order valence-electron chi connectivity index (χ1n) is 8.35. The minimum atomic E-state index is -0.460. The molecule has 1 fully saturated rings. The number of hydrogen-bond donors (Lipinski definition) is 2. The lowest BCUT2D eigenvalue weighted by atomic mass is 10.1. The van der Waals surface area contributed by atoms with Crippen LogP contribution in [0.2, 0.25) is 5.02 Å². The Morgan fingerprint density at radius 3 is 2.81 bits per heavy atom. The maximum atomic E-state index is 12.4. The van der Waals surface area contributed by atoms with Gasteiger partial charge in [0.1, 0.15) is 12.6 Å². The first-order chi connectivity index (χ1) is 12.5. The largest absolute Gasteiger partial charge is 0.448 e. The van der Waals surface area contributed by atoms with Gasteiger partial charge in [0, 0.05) is 12.2 Å². The molecule has 26 heavy (non-hydrogen) atoms. The zero-order chi connectivity index (χ0) is 18.5. The van der Waals surface area contributed by atoms with Gasteiger partial charge in [0.15, 0.2) is 0 Å². The quantitative estimate of drug-likeness (QED) is 0.809. The summed E-state index contributed by atoms with van der Waals surface area (Å²) >= 11 is 6.07. The standard InChI is InChI=1S/C19H20ClN3O3/c1-13(18(24)22-17-8-3-2-7-16(17)20)21-15-6-4-5-14(11-15)12-23-9-10-26-19(23)25/h2-8,11,13,21H,9-10,12H2,1H3,(H,22,24). The van der Waals surface area contributed by atoms with Crippen LogP contribution in [0.5, 0.6) is 0 Å². The number of carbonyl (C=O) groups is 2. The predicted octanol–water partition coefficient (Wildman–Crippen LogP) is 3.73. The van der Waals surface area contributed by atoms with Gasteiger partial charge in [-0.1, -0.05) is 35.9 Å². The molecule has 6 nitrogen and oxygen atoms in total. The number of nitrogens with zero attached hydrogens (tertiary/aromatic N) is 1.